The number of benzene rings is 1. The molecule has 3 heterocycles. The van der Waals surface area contributed by atoms with Crippen LogP contribution in [0.25, 0.3) is 28.0 Å². The second-order valence-corrected chi connectivity index (χ2v) is 7.75. The van der Waals surface area contributed by atoms with Gasteiger partial charge in [0.25, 0.3) is 0 Å². The molecule has 3 N–H and O–H groups in total. The molecule has 0 aliphatic rings. The van der Waals surface area contributed by atoms with Crippen LogP contribution in [0, 0.1) is 0 Å². The van der Waals surface area contributed by atoms with E-state index in [1.807, 2.05) is 19.1 Å². The van der Waals surface area contributed by atoms with E-state index >= 15 is 0 Å². The van der Waals surface area contributed by atoms with Crippen LogP contribution in [-0.2, 0) is 6.61 Å². The van der Waals surface area contributed by atoms with Crippen LogP contribution >= 0.6 is 0 Å². The second kappa shape index (κ2) is 9.78. The molecule has 0 aliphatic carbocycles. The zero-order valence-electron chi connectivity index (χ0n) is 18.5. The fraction of sp³-hybridized carbons (Fsp3) is 0.292. The van der Waals surface area contributed by atoms with Gasteiger partial charge in [-0.15, -0.1) is 0 Å². The number of halogens is 3. The Kier molecular flexibility index (Phi) is 6.80. The van der Waals surface area contributed by atoms with Gasteiger partial charge in [0.1, 0.15) is 5.75 Å². The monoisotopic (exact) mass is 471 g/mol. The van der Waals surface area contributed by atoms with E-state index in [0.717, 1.165) is 5.39 Å². The highest BCUT2D eigenvalue weighted by Crippen LogP contribution is 2.34. The summed E-state index contributed by atoms with van der Waals surface area (Å²) in [5.41, 5.74) is 8.83. The van der Waals surface area contributed by atoms with Gasteiger partial charge < -0.3 is 15.6 Å². The number of hydrogen-bond donors (Lipinski definition) is 2. The van der Waals surface area contributed by atoms with E-state index in [9.17, 15) is 18.3 Å². The molecule has 0 saturated heterocycles. The zero-order valence-corrected chi connectivity index (χ0v) is 18.5. The summed E-state index contributed by atoms with van der Waals surface area (Å²) in [5, 5.41) is 14.7. The standard InChI is InChI=1S/C24H24F3N5O2/c1-2-34-22-12-15(19-6-4-7-20(31-19)18(28)9-10-24(25,26)27)11-21-17(22)13-29-32(21)23-8-3-5-16(14-33)30-23/h3-8,11-13,18,33H,2,9-10,14,28H2,1H3. The van der Waals surface area contributed by atoms with Gasteiger partial charge in [-0.05, 0) is 49.7 Å². The van der Waals surface area contributed by atoms with Gasteiger partial charge in [-0.25, -0.2) is 9.67 Å². The maximum absolute atomic E-state index is 12.6. The van der Waals surface area contributed by atoms with E-state index in [1.54, 1.807) is 47.3 Å². The van der Waals surface area contributed by atoms with Crippen molar-refractivity contribution in [1.82, 2.24) is 19.7 Å². The minimum absolute atomic E-state index is 0.201. The Morgan fingerprint density at radius 2 is 1.91 bits per heavy atom. The van der Waals surface area contributed by atoms with Crippen molar-refractivity contribution in [3.8, 4) is 22.8 Å². The predicted octanol–water partition coefficient (Wildman–Crippen LogP) is 4.72. The van der Waals surface area contributed by atoms with E-state index in [1.165, 1.54) is 0 Å². The number of nitrogens with two attached hydrogens (primary N) is 1. The summed E-state index contributed by atoms with van der Waals surface area (Å²) in [6.07, 6.45) is -3.82. The van der Waals surface area contributed by atoms with Crippen molar-refractivity contribution in [2.75, 3.05) is 6.61 Å². The Morgan fingerprint density at radius 3 is 2.65 bits per heavy atom. The van der Waals surface area contributed by atoms with Crippen molar-refractivity contribution in [3.05, 3.63) is 66.1 Å². The predicted molar refractivity (Wildman–Crippen MR) is 121 cm³/mol. The summed E-state index contributed by atoms with van der Waals surface area (Å²) in [5.74, 6) is 1.12. The molecule has 0 radical (unpaired) electrons. The largest absolute Gasteiger partial charge is 0.493 e. The average molecular weight is 471 g/mol. The molecule has 178 valence electrons. The lowest BCUT2D eigenvalue weighted by atomic mass is 10.0. The maximum atomic E-state index is 12.6. The number of ether oxygens (including phenoxy) is 1. The topological polar surface area (TPSA) is 99.1 Å². The fourth-order valence-electron chi connectivity index (χ4n) is 3.66. The maximum Gasteiger partial charge on any atom is 0.389 e. The lowest BCUT2D eigenvalue weighted by Crippen LogP contribution is -2.17. The summed E-state index contributed by atoms with van der Waals surface area (Å²) >= 11 is 0. The Labute approximate surface area is 194 Å². The van der Waals surface area contributed by atoms with Crippen molar-refractivity contribution < 1.29 is 23.0 Å². The third kappa shape index (κ3) is 5.18. The molecule has 0 amide bonds. The van der Waals surface area contributed by atoms with Crippen LogP contribution in [0.5, 0.6) is 5.75 Å². The molecule has 1 atom stereocenters. The highest BCUT2D eigenvalue weighted by Gasteiger charge is 2.28. The van der Waals surface area contributed by atoms with Crippen LogP contribution < -0.4 is 10.5 Å². The summed E-state index contributed by atoms with van der Waals surface area (Å²) in [7, 11) is 0. The lowest BCUT2D eigenvalue weighted by Gasteiger charge is -2.14. The molecule has 4 rings (SSSR count). The molecule has 3 aromatic heterocycles. The highest BCUT2D eigenvalue weighted by molar-refractivity contribution is 5.90. The molecule has 0 bridgehead atoms. The summed E-state index contributed by atoms with van der Waals surface area (Å²) < 4.78 is 45.3. The van der Waals surface area contributed by atoms with E-state index in [0.29, 0.717) is 46.3 Å². The number of alkyl halides is 3. The summed E-state index contributed by atoms with van der Waals surface area (Å²) in [6, 6.07) is 13.2. The van der Waals surface area contributed by atoms with Crippen LogP contribution in [-0.4, -0.2) is 37.6 Å². The molecule has 1 aromatic carbocycles. The molecule has 34 heavy (non-hydrogen) atoms. The van der Waals surface area contributed by atoms with Crippen molar-refractivity contribution in [2.45, 2.75) is 38.6 Å². The Morgan fingerprint density at radius 1 is 1.12 bits per heavy atom. The van der Waals surface area contributed by atoms with Gasteiger partial charge >= 0.3 is 6.18 Å². The average Bonchev–Trinajstić information content (AvgIpc) is 3.27. The molecule has 10 heteroatoms. The van der Waals surface area contributed by atoms with E-state index in [4.69, 9.17) is 10.5 Å². The molecule has 0 fully saturated rings. The SMILES string of the molecule is CCOc1cc(-c2cccc(C(N)CCC(F)(F)F)n2)cc2c1cnn2-c1cccc(CO)n1. The zero-order chi connectivity index (χ0) is 24.3. The third-order valence-electron chi connectivity index (χ3n) is 5.31. The quantitative estimate of drug-likeness (QED) is 0.386. The number of rotatable bonds is 8. The molecule has 1 unspecified atom stereocenters. The number of aromatic nitrogens is 4. The molecular formula is C24H24F3N5O2. The normalized spacial score (nSPS) is 12.8. The minimum Gasteiger partial charge on any atom is -0.493 e. The van der Waals surface area contributed by atoms with Gasteiger partial charge in [0.15, 0.2) is 5.82 Å². The van der Waals surface area contributed by atoms with Crippen LogP contribution in [0.1, 0.15) is 37.2 Å². The van der Waals surface area contributed by atoms with Gasteiger partial charge in [0.2, 0.25) is 0 Å². The molecule has 0 spiro atoms. The molecule has 0 aliphatic heterocycles. The van der Waals surface area contributed by atoms with E-state index < -0.39 is 18.6 Å². The summed E-state index contributed by atoms with van der Waals surface area (Å²) in [4.78, 5) is 8.96. The first-order valence-electron chi connectivity index (χ1n) is 10.8. The van der Waals surface area contributed by atoms with Crippen LogP contribution in [0.2, 0.25) is 0 Å². The number of hydrogen-bond acceptors (Lipinski definition) is 6. The lowest BCUT2D eigenvalue weighted by molar-refractivity contribution is -0.136. The van der Waals surface area contributed by atoms with Gasteiger partial charge in [0.05, 0.1) is 47.4 Å². The van der Waals surface area contributed by atoms with Crippen molar-refractivity contribution in [3.63, 3.8) is 0 Å². The number of aliphatic hydroxyl groups is 1. The Hall–Kier alpha value is -3.50. The van der Waals surface area contributed by atoms with Gasteiger partial charge in [-0.1, -0.05) is 12.1 Å². The number of nitrogens with zero attached hydrogens (tertiary/aromatic N) is 4. The smallest absolute Gasteiger partial charge is 0.389 e. The van der Waals surface area contributed by atoms with E-state index in [2.05, 4.69) is 15.1 Å². The van der Waals surface area contributed by atoms with Gasteiger partial charge in [-0.3, -0.25) is 4.98 Å². The Bertz CT molecular complexity index is 1290. The fourth-order valence-corrected chi connectivity index (χ4v) is 3.66. The number of aliphatic hydroxyl groups excluding tert-OH is 1. The van der Waals surface area contributed by atoms with Crippen LogP contribution in [0.3, 0.4) is 0 Å². The minimum atomic E-state index is -4.27. The van der Waals surface area contributed by atoms with Gasteiger partial charge in [-0.2, -0.15) is 18.3 Å². The molecule has 0 saturated carbocycles. The number of pyridine rings is 2. The first kappa shape index (κ1) is 23.7. The van der Waals surface area contributed by atoms with E-state index in [-0.39, 0.29) is 13.0 Å². The highest BCUT2D eigenvalue weighted by atomic mass is 19.4. The third-order valence-corrected chi connectivity index (χ3v) is 5.31. The van der Waals surface area contributed by atoms with Gasteiger partial charge in [0, 0.05) is 18.0 Å². The first-order valence-corrected chi connectivity index (χ1v) is 10.8. The molecular weight excluding hydrogens is 447 g/mol. The van der Waals surface area contributed by atoms with Crippen molar-refractivity contribution >= 4 is 10.9 Å². The second-order valence-electron chi connectivity index (χ2n) is 7.75. The first-order chi connectivity index (χ1) is 16.3. The Balaban J connectivity index is 1.77. The van der Waals surface area contributed by atoms with Crippen LogP contribution in [0.15, 0.2) is 54.7 Å². The molecule has 4 aromatic rings. The molecule has 7 nitrogen and oxygen atoms in total. The van der Waals surface area contributed by atoms with Crippen LogP contribution in [0.4, 0.5) is 13.2 Å². The van der Waals surface area contributed by atoms with Crippen molar-refractivity contribution in [2.24, 2.45) is 5.73 Å². The summed E-state index contributed by atoms with van der Waals surface area (Å²) in [6.45, 7) is 2.10. The van der Waals surface area contributed by atoms with Crippen molar-refractivity contribution in [1.29, 1.82) is 0 Å². The number of fused-ring (bicyclic) bond motifs is 1.